The van der Waals surface area contributed by atoms with Crippen molar-refractivity contribution in [3.63, 3.8) is 0 Å². The van der Waals surface area contributed by atoms with Crippen molar-refractivity contribution in [3.8, 4) is 0 Å². The molecule has 3 aromatic rings. The molecule has 174 valence electrons. The molecule has 3 heterocycles. The molecular weight excluding hydrogens is 414 g/mol. The number of amides is 1. The van der Waals surface area contributed by atoms with Crippen LogP contribution in [0.25, 0.3) is 11.0 Å². The van der Waals surface area contributed by atoms with Crippen LogP contribution in [0, 0.1) is 0 Å². The van der Waals surface area contributed by atoms with E-state index in [1.165, 1.54) is 0 Å². The number of hydrogen-bond acceptors (Lipinski definition) is 4. The molecule has 0 atom stereocenters. The molecule has 0 spiro atoms. The highest BCUT2D eigenvalue weighted by Gasteiger charge is 2.31. The third kappa shape index (κ3) is 4.29. The molecule has 0 saturated carbocycles. The van der Waals surface area contributed by atoms with Crippen LogP contribution in [0.1, 0.15) is 42.1 Å². The SMILES string of the molecule is CN(C)c1ccc(C(=O)N2CCC(N3CCC(n4c(=O)[nH]c5ccccc54)CC3)CC2)cc1. The maximum Gasteiger partial charge on any atom is 0.326 e. The number of anilines is 1. The predicted molar refractivity (Wildman–Crippen MR) is 132 cm³/mol. The van der Waals surface area contributed by atoms with Crippen molar-refractivity contribution in [2.45, 2.75) is 37.8 Å². The van der Waals surface area contributed by atoms with Gasteiger partial charge in [0.1, 0.15) is 0 Å². The lowest BCUT2D eigenvalue weighted by atomic mass is 9.97. The molecule has 33 heavy (non-hydrogen) atoms. The number of carbonyl (C=O) groups is 1. The number of rotatable bonds is 4. The zero-order valence-corrected chi connectivity index (χ0v) is 19.5. The number of H-pyrrole nitrogens is 1. The Morgan fingerprint density at radius 3 is 2.18 bits per heavy atom. The van der Waals surface area contributed by atoms with Gasteiger partial charge in [-0.25, -0.2) is 4.79 Å². The van der Waals surface area contributed by atoms with Crippen molar-refractivity contribution >= 4 is 22.6 Å². The van der Waals surface area contributed by atoms with Gasteiger partial charge in [0.25, 0.3) is 5.91 Å². The molecule has 7 nitrogen and oxygen atoms in total. The normalized spacial score (nSPS) is 18.7. The smallest absolute Gasteiger partial charge is 0.326 e. The minimum atomic E-state index is 0.0000787. The van der Waals surface area contributed by atoms with Gasteiger partial charge in [-0.3, -0.25) is 9.36 Å². The lowest BCUT2D eigenvalue weighted by Crippen LogP contribution is -2.49. The van der Waals surface area contributed by atoms with E-state index in [2.05, 4.69) is 9.88 Å². The Morgan fingerprint density at radius 1 is 0.879 bits per heavy atom. The summed E-state index contributed by atoms with van der Waals surface area (Å²) in [4.78, 5) is 35.1. The molecule has 0 bridgehead atoms. The number of fused-ring (bicyclic) bond motifs is 1. The second-order valence-corrected chi connectivity index (χ2v) is 9.55. The van der Waals surface area contributed by atoms with Crippen LogP contribution < -0.4 is 10.6 Å². The largest absolute Gasteiger partial charge is 0.378 e. The van der Waals surface area contributed by atoms with E-state index in [1.54, 1.807) is 0 Å². The van der Waals surface area contributed by atoms with Crippen molar-refractivity contribution in [1.82, 2.24) is 19.4 Å². The van der Waals surface area contributed by atoms with Crippen LogP contribution in [-0.4, -0.2) is 71.6 Å². The first-order chi connectivity index (χ1) is 16.0. The monoisotopic (exact) mass is 447 g/mol. The van der Waals surface area contributed by atoms with Crippen LogP contribution in [-0.2, 0) is 0 Å². The highest BCUT2D eigenvalue weighted by Crippen LogP contribution is 2.28. The molecule has 1 aromatic heterocycles. The van der Waals surface area contributed by atoms with Gasteiger partial charge in [-0.15, -0.1) is 0 Å². The number of para-hydroxylation sites is 2. The highest BCUT2D eigenvalue weighted by molar-refractivity contribution is 5.94. The van der Waals surface area contributed by atoms with Crippen molar-refractivity contribution < 1.29 is 4.79 Å². The maximum absolute atomic E-state index is 12.9. The first-order valence-corrected chi connectivity index (χ1v) is 12.0. The predicted octanol–water partition coefficient (Wildman–Crippen LogP) is 3.34. The summed E-state index contributed by atoms with van der Waals surface area (Å²) in [5.74, 6) is 0.135. The second kappa shape index (κ2) is 9.06. The molecule has 0 radical (unpaired) electrons. The topological polar surface area (TPSA) is 64.6 Å². The number of aromatic nitrogens is 2. The zero-order valence-electron chi connectivity index (χ0n) is 19.5. The summed E-state index contributed by atoms with van der Waals surface area (Å²) in [7, 11) is 4.01. The number of hydrogen-bond donors (Lipinski definition) is 1. The van der Waals surface area contributed by atoms with Gasteiger partial charge in [-0.2, -0.15) is 0 Å². The van der Waals surface area contributed by atoms with Gasteiger partial charge in [0.15, 0.2) is 0 Å². The third-order valence-corrected chi connectivity index (χ3v) is 7.39. The minimum absolute atomic E-state index is 0.0000787. The van der Waals surface area contributed by atoms with Crippen LogP contribution in [0.2, 0.25) is 0 Å². The van der Waals surface area contributed by atoms with E-state index in [0.717, 1.165) is 74.1 Å². The molecule has 2 aromatic carbocycles. The summed E-state index contributed by atoms with van der Waals surface area (Å²) in [6.45, 7) is 3.62. The van der Waals surface area contributed by atoms with E-state index >= 15 is 0 Å². The Labute approximate surface area is 194 Å². The Bertz CT molecular complexity index is 1160. The Balaban J connectivity index is 1.16. The van der Waals surface area contributed by atoms with Crippen LogP contribution in [0.15, 0.2) is 53.3 Å². The number of likely N-dealkylation sites (tertiary alicyclic amines) is 2. The van der Waals surface area contributed by atoms with E-state index in [9.17, 15) is 9.59 Å². The van der Waals surface area contributed by atoms with Gasteiger partial charge in [0.05, 0.1) is 11.0 Å². The van der Waals surface area contributed by atoms with E-state index in [1.807, 2.05) is 77.0 Å². The van der Waals surface area contributed by atoms with Crippen LogP contribution in [0.3, 0.4) is 0 Å². The van der Waals surface area contributed by atoms with Crippen molar-refractivity contribution in [2.75, 3.05) is 45.2 Å². The summed E-state index contributed by atoms with van der Waals surface area (Å²) in [6.07, 6.45) is 4.00. The molecule has 2 saturated heterocycles. The first-order valence-electron chi connectivity index (χ1n) is 12.0. The summed E-state index contributed by atoms with van der Waals surface area (Å²) < 4.78 is 1.95. The molecule has 2 aliphatic heterocycles. The van der Waals surface area contributed by atoms with Gasteiger partial charge in [0, 0.05) is 63.6 Å². The van der Waals surface area contributed by atoms with Gasteiger partial charge < -0.3 is 19.7 Å². The molecule has 1 amide bonds. The average molecular weight is 448 g/mol. The standard InChI is InChI=1S/C26H33N5O2/c1-28(2)20-9-7-19(8-10-20)25(32)30-17-11-21(12-18-30)29-15-13-22(14-16-29)31-24-6-4-3-5-23(24)27-26(31)33/h3-10,21-22H,11-18H2,1-2H3,(H,27,33). The van der Waals surface area contributed by atoms with Crippen molar-refractivity contribution in [1.29, 1.82) is 0 Å². The molecule has 5 rings (SSSR count). The maximum atomic E-state index is 12.9. The fourth-order valence-electron chi connectivity index (χ4n) is 5.46. The fraction of sp³-hybridized carbons (Fsp3) is 0.462. The molecule has 1 N–H and O–H groups in total. The van der Waals surface area contributed by atoms with E-state index in [0.29, 0.717) is 6.04 Å². The number of aromatic amines is 1. The van der Waals surface area contributed by atoms with E-state index < -0.39 is 0 Å². The zero-order chi connectivity index (χ0) is 22.9. The third-order valence-electron chi connectivity index (χ3n) is 7.39. The number of imidazole rings is 1. The Hall–Kier alpha value is -3.06. The molecule has 7 heteroatoms. The molecule has 2 aliphatic rings. The number of benzene rings is 2. The fourth-order valence-corrected chi connectivity index (χ4v) is 5.46. The number of piperidine rings is 2. The van der Waals surface area contributed by atoms with Crippen molar-refractivity contribution in [3.05, 3.63) is 64.6 Å². The average Bonchev–Trinajstić information content (AvgIpc) is 3.19. The number of nitrogens with zero attached hydrogens (tertiary/aromatic N) is 4. The van der Waals surface area contributed by atoms with E-state index in [4.69, 9.17) is 0 Å². The minimum Gasteiger partial charge on any atom is -0.378 e. The quantitative estimate of drug-likeness (QED) is 0.666. The Kier molecular flexibility index (Phi) is 5.98. The highest BCUT2D eigenvalue weighted by atomic mass is 16.2. The summed E-state index contributed by atoms with van der Waals surface area (Å²) >= 11 is 0. The van der Waals surface area contributed by atoms with Crippen LogP contribution in [0.5, 0.6) is 0 Å². The second-order valence-electron chi connectivity index (χ2n) is 9.55. The van der Waals surface area contributed by atoms with Gasteiger partial charge >= 0.3 is 5.69 Å². The van der Waals surface area contributed by atoms with Crippen molar-refractivity contribution in [2.24, 2.45) is 0 Å². The molecular formula is C26H33N5O2. The molecule has 0 unspecified atom stereocenters. The Morgan fingerprint density at radius 2 is 1.52 bits per heavy atom. The lowest BCUT2D eigenvalue weighted by molar-refractivity contribution is 0.0558. The van der Waals surface area contributed by atoms with Crippen LogP contribution >= 0.6 is 0 Å². The van der Waals surface area contributed by atoms with Gasteiger partial charge in [0.2, 0.25) is 0 Å². The lowest BCUT2D eigenvalue weighted by Gasteiger charge is -2.42. The van der Waals surface area contributed by atoms with E-state index in [-0.39, 0.29) is 17.6 Å². The number of carbonyl (C=O) groups excluding carboxylic acids is 1. The first kappa shape index (κ1) is 21.8. The summed E-state index contributed by atoms with van der Waals surface area (Å²) in [5.41, 5.74) is 3.79. The molecule has 2 fully saturated rings. The van der Waals surface area contributed by atoms with Gasteiger partial charge in [-0.05, 0) is 62.1 Å². The molecule has 0 aliphatic carbocycles. The van der Waals surface area contributed by atoms with Gasteiger partial charge in [-0.1, -0.05) is 12.1 Å². The number of nitrogens with one attached hydrogen (secondary N) is 1. The summed E-state index contributed by atoms with van der Waals surface area (Å²) in [5, 5.41) is 0. The summed E-state index contributed by atoms with van der Waals surface area (Å²) in [6, 6.07) is 16.6. The van der Waals surface area contributed by atoms with Crippen LogP contribution in [0.4, 0.5) is 5.69 Å².